The molecule has 0 spiro atoms. The molecule has 1 aliphatic rings. The summed E-state index contributed by atoms with van der Waals surface area (Å²) in [4.78, 5) is 0. The summed E-state index contributed by atoms with van der Waals surface area (Å²) in [5.74, 6) is 0.876. The number of hydrogen-bond donors (Lipinski definition) is 0. The van der Waals surface area contributed by atoms with Crippen LogP contribution in [-0.2, 0) is 4.74 Å². The van der Waals surface area contributed by atoms with Gasteiger partial charge in [0, 0.05) is 4.47 Å². The van der Waals surface area contributed by atoms with Crippen LogP contribution in [0.5, 0.6) is 5.75 Å². The number of ether oxygens (including phenoxy) is 2. The molecule has 1 aromatic rings. The molecule has 0 amide bonds. The van der Waals surface area contributed by atoms with Crippen molar-refractivity contribution in [1.29, 1.82) is 0 Å². The normalized spacial score (nSPS) is 19.5. The van der Waals surface area contributed by atoms with Crippen molar-refractivity contribution in [3.8, 4) is 5.75 Å². The fraction of sp³-hybridized carbons (Fsp3) is 0.400. The topological polar surface area (TPSA) is 21.8 Å². The minimum Gasteiger partial charge on any atom is -0.490 e. The molecule has 0 aliphatic carbocycles. The van der Waals surface area contributed by atoms with Gasteiger partial charge in [0.05, 0.1) is 11.1 Å². The molecule has 1 aliphatic heterocycles. The summed E-state index contributed by atoms with van der Waals surface area (Å²) in [5, 5.41) is 0. The minimum atomic E-state index is 0.297. The summed E-state index contributed by atoms with van der Waals surface area (Å²) in [5.41, 5.74) is 1.17. The average Bonchev–Trinajstić information content (AvgIpc) is 2.92. The average molecular weight is 322 g/mol. The van der Waals surface area contributed by atoms with Gasteiger partial charge < -0.3 is 9.47 Å². The third kappa shape index (κ3) is 2.49. The molecule has 1 fully saturated rings. The third-order valence-electron chi connectivity index (χ3n) is 2.04. The Bertz CT molecular complexity index is 348. The van der Waals surface area contributed by atoms with E-state index in [-0.39, 0.29) is 0 Å². The van der Waals surface area contributed by atoms with Crippen molar-refractivity contribution in [2.24, 2.45) is 0 Å². The molecule has 76 valence electrons. The predicted octanol–water partition coefficient (Wildman–Crippen LogP) is 3.30. The lowest BCUT2D eigenvalue weighted by molar-refractivity contribution is 0.261. The van der Waals surface area contributed by atoms with E-state index in [1.54, 1.807) is 0 Å². The molecule has 0 aromatic heterocycles. The molecule has 1 aromatic carbocycles. The highest BCUT2D eigenvalue weighted by Gasteiger charge is 2.23. The van der Waals surface area contributed by atoms with Crippen LogP contribution >= 0.6 is 31.9 Å². The molecule has 0 bridgehead atoms. The number of benzene rings is 1. The first-order valence-corrected chi connectivity index (χ1v) is 5.95. The van der Waals surface area contributed by atoms with Gasteiger partial charge >= 0.3 is 0 Å². The van der Waals surface area contributed by atoms with Gasteiger partial charge in [-0.3, -0.25) is 0 Å². The van der Waals surface area contributed by atoms with E-state index in [0.29, 0.717) is 12.7 Å². The number of hydrogen-bond acceptors (Lipinski definition) is 2. The van der Waals surface area contributed by atoms with E-state index in [2.05, 4.69) is 31.9 Å². The monoisotopic (exact) mass is 320 g/mol. The summed E-state index contributed by atoms with van der Waals surface area (Å²) < 4.78 is 12.7. The van der Waals surface area contributed by atoms with Gasteiger partial charge in [0.2, 0.25) is 0 Å². The molecule has 1 saturated heterocycles. The summed E-state index contributed by atoms with van der Waals surface area (Å²) in [7, 11) is 0. The van der Waals surface area contributed by atoms with E-state index >= 15 is 0 Å². The van der Waals surface area contributed by atoms with Crippen molar-refractivity contribution in [1.82, 2.24) is 0 Å². The second kappa shape index (κ2) is 4.21. The Hall–Kier alpha value is -0.0600. The molecular formula is C10H10Br2O2. The molecule has 1 unspecified atom stereocenters. The largest absolute Gasteiger partial charge is 0.490 e. The molecule has 1 heterocycles. The van der Waals surface area contributed by atoms with Gasteiger partial charge in [0.15, 0.2) is 0 Å². The van der Waals surface area contributed by atoms with Crippen LogP contribution in [0, 0.1) is 6.92 Å². The quantitative estimate of drug-likeness (QED) is 0.797. The predicted molar refractivity (Wildman–Crippen MR) is 61.8 cm³/mol. The molecule has 0 radical (unpaired) electrons. The summed E-state index contributed by atoms with van der Waals surface area (Å²) in [6.07, 6.45) is 0.297. The van der Waals surface area contributed by atoms with E-state index in [0.717, 1.165) is 21.3 Å². The van der Waals surface area contributed by atoms with E-state index < -0.39 is 0 Å². The Labute approximate surface area is 99.8 Å². The Morgan fingerprint density at radius 3 is 2.79 bits per heavy atom. The molecule has 2 nitrogen and oxygen atoms in total. The van der Waals surface area contributed by atoms with Gasteiger partial charge in [0.25, 0.3) is 0 Å². The van der Waals surface area contributed by atoms with Gasteiger partial charge in [-0.1, -0.05) is 15.9 Å². The van der Waals surface area contributed by atoms with Crippen molar-refractivity contribution in [3.05, 3.63) is 26.6 Å². The van der Waals surface area contributed by atoms with Crippen molar-refractivity contribution >= 4 is 31.9 Å². The number of rotatable bonds is 3. The zero-order valence-electron chi connectivity index (χ0n) is 7.72. The summed E-state index contributed by atoms with van der Waals surface area (Å²) in [6, 6.07) is 4.01. The number of epoxide rings is 1. The van der Waals surface area contributed by atoms with Gasteiger partial charge in [-0.15, -0.1) is 0 Å². The second-order valence-corrected chi connectivity index (χ2v) is 5.01. The minimum absolute atomic E-state index is 0.297. The van der Waals surface area contributed by atoms with Crippen molar-refractivity contribution in [3.63, 3.8) is 0 Å². The lowest BCUT2D eigenvalue weighted by atomic mass is 10.2. The third-order valence-corrected chi connectivity index (χ3v) is 3.51. The summed E-state index contributed by atoms with van der Waals surface area (Å²) >= 11 is 6.92. The Morgan fingerprint density at radius 1 is 1.43 bits per heavy atom. The lowest BCUT2D eigenvalue weighted by Crippen LogP contribution is -2.04. The maximum Gasteiger partial charge on any atom is 0.133 e. The fourth-order valence-electron chi connectivity index (χ4n) is 1.09. The highest BCUT2D eigenvalue weighted by molar-refractivity contribution is 9.11. The zero-order chi connectivity index (χ0) is 10.1. The van der Waals surface area contributed by atoms with Crippen LogP contribution in [-0.4, -0.2) is 19.3 Å². The molecular weight excluding hydrogens is 312 g/mol. The summed E-state index contributed by atoms with van der Waals surface area (Å²) in [6.45, 7) is 3.50. The first-order valence-electron chi connectivity index (χ1n) is 4.37. The molecule has 14 heavy (non-hydrogen) atoms. The maximum absolute atomic E-state index is 5.60. The smallest absolute Gasteiger partial charge is 0.133 e. The van der Waals surface area contributed by atoms with Crippen molar-refractivity contribution in [2.75, 3.05) is 13.2 Å². The van der Waals surface area contributed by atoms with Gasteiger partial charge in [-0.2, -0.15) is 0 Å². The molecule has 0 saturated carbocycles. The highest BCUT2D eigenvalue weighted by Crippen LogP contribution is 2.31. The Balaban J connectivity index is 2.10. The SMILES string of the molecule is Cc1cc(OCC2CO2)c(Br)cc1Br. The van der Waals surface area contributed by atoms with E-state index in [1.165, 1.54) is 5.56 Å². The fourth-order valence-corrected chi connectivity index (χ4v) is 2.20. The standard InChI is InChI=1S/C10H10Br2O2/c1-6-2-10(9(12)3-8(6)11)14-5-7-4-13-7/h2-3,7H,4-5H2,1H3. The highest BCUT2D eigenvalue weighted by atomic mass is 79.9. The van der Waals surface area contributed by atoms with Crippen LogP contribution in [0.3, 0.4) is 0 Å². The van der Waals surface area contributed by atoms with Crippen LogP contribution in [0.25, 0.3) is 0 Å². The molecule has 1 atom stereocenters. The number of halogens is 2. The van der Waals surface area contributed by atoms with Gasteiger partial charge in [-0.05, 0) is 40.5 Å². The van der Waals surface area contributed by atoms with E-state index in [1.807, 2.05) is 19.1 Å². The maximum atomic E-state index is 5.60. The van der Waals surface area contributed by atoms with Crippen LogP contribution in [0.1, 0.15) is 5.56 Å². The Kier molecular flexibility index (Phi) is 3.14. The van der Waals surface area contributed by atoms with Gasteiger partial charge in [0.1, 0.15) is 18.5 Å². The molecule has 2 rings (SSSR count). The van der Waals surface area contributed by atoms with Crippen LogP contribution in [0.2, 0.25) is 0 Å². The molecule has 0 N–H and O–H groups in total. The van der Waals surface area contributed by atoms with E-state index in [9.17, 15) is 0 Å². The van der Waals surface area contributed by atoms with Crippen molar-refractivity contribution < 1.29 is 9.47 Å². The zero-order valence-corrected chi connectivity index (χ0v) is 10.9. The Morgan fingerprint density at radius 2 is 2.14 bits per heavy atom. The first-order chi connectivity index (χ1) is 6.66. The lowest BCUT2D eigenvalue weighted by Gasteiger charge is -2.08. The van der Waals surface area contributed by atoms with Crippen LogP contribution in [0.15, 0.2) is 21.1 Å². The van der Waals surface area contributed by atoms with Crippen LogP contribution in [0.4, 0.5) is 0 Å². The second-order valence-electron chi connectivity index (χ2n) is 3.30. The van der Waals surface area contributed by atoms with Crippen molar-refractivity contribution in [2.45, 2.75) is 13.0 Å². The number of aryl methyl sites for hydroxylation is 1. The first kappa shape index (κ1) is 10.5. The van der Waals surface area contributed by atoms with E-state index in [4.69, 9.17) is 9.47 Å². The molecule has 4 heteroatoms. The van der Waals surface area contributed by atoms with Gasteiger partial charge in [-0.25, -0.2) is 0 Å². The van der Waals surface area contributed by atoms with Crippen LogP contribution < -0.4 is 4.74 Å².